The van der Waals surface area contributed by atoms with Crippen molar-refractivity contribution < 1.29 is 4.79 Å². The van der Waals surface area contributed by atoms with E-state index >= 15 is 0 Å². The third-order valence-corrected chi connectivity index (χ3v) is 4.08. The van der Waals surface area contributed by atoms with E-state index in [9.17, 15) is 4.79 Å². The van der Waals surface area contributed by atoms with Gasteiger partial charge in [0, 0.05) is 11.3 Å². The smallest absolute Gasteiger partial charge is 0.256 e. The first-order chi connectivity index (χ1) is 12.4. The molecular formula is C22H23N3O. The van der Waals surface area contributed by atoms with Crippen molar-refractivity contribution in [1.29, 1.82) is 0 Å². The molecule has 0 saturated heterocycles. The molecule has 3 rings (SSSR count). The Kier molecular flexibility index (Phi) is 5.03. The van der Waals surface area contributed by atoms with Crippen molar-refractivity contribution >= 4 is 23.1 Å². The second-order valence-electron chi connectivity index (χ2n) is 7.20. The first-order valence-corrected chi connectivity index (χ1v) is 8.62. The van der Waals surface area contributed by atoms with Crippen LogP contribution in [-0.2, 0) is 5.41 Å². The first kappa shape index (κ1) is 17.7. The molecule has 0 radical (unpaired) electrons. The Morgan fingerprint density at radius 1 is 0.846 bits per heavy atom. The summed E-state index contributed by atoms with van der Waals surface area (Å²) in [5.74, 6) is 0.357. The number of aromatic nitrogens is 1. The Labute approximate surface area is 154 Å². The van der Waals surface area contributed by atoms with Gasteiger partial charge < -0.3 is 10.6 Å². The van der Waals surface area contributed by atoms with E-state index in [4.69, 9.17) is 0 Å². The number of anilines is 3. The van der Waals surface area contributed by atoms with E-state index in [0.717, 1.165) is 11.4 Å². The molecule has 0 atom stereocenters. The van der Waals surface area contributed by atoms with Gasteiger partial charge >= 0.3 is 0 Å². The van der Waals surface area contributed by atoms with E-state index in [1.54, 1.807) is 12.3 Å². The van der Waals surface area contributed by atoms with Crippen molar-refractivity contribution in [2.45, 2.75) is 26.2 Å². The topological polar surface area (TPSA) is 54.0 Å². The van der Waals surface area contributed by atoms with Crippen LogP contribution in [0, 0.1) is 0 Å². The summed E-state index contributed by atoms with van der Waals surface area (Å²) in [5, 5.41) is 6.09. The first-order valence-electron chi connectivity index (χ1n) is 8.62. The highest BCUT2D eigenvalue weighted by Crippen LogP contribution is 2.22. The Morgan fingerprint density at radius 3 is 2.12 bits per heavy atom. The highest BCUT2D eigenvalue weighted by Gasteiger charge is 2.14. The van der Waals surface area contributed by atoms with Crippen molar-refractivity contribution in [3.05, 3.63) is 84.1 Å². The normalized spacial score (nSPS) is 11.0. The summed E-state index contributed by atoms with van der Waals surface area (Å²) in [7, 11) is 0. The predicted octanol–water partition coefficient (Wildman–Crippen LogP) is 5.38. The molecule has 4 heteroatoms. The fourth-order valence-corrected chi connectivity index (χ4v) is 2.54. The molecule has 0 bridgehead atoms. The number of carbonyl (C=O) groups is 1. The largest absolute Gasteiger partial charge is 0.354 e. The van der Waals surface area contributed by atoms with Gasteiger partial charge in [-0.2, -0.15) is 0 Å². The Morgan fingerprint density at radius 2 is 1.54 bits per heavy atom. The third kappa shape index (κ3) is 4.48. The van der Waals surface area contributed by atoms with Crippen LogP contribution in [0.1, 0.15) is 36.7 Å². The number of hydrogen-bond donors (Lipinski definition) is 2. The van der Waals surface area contributed by atoms with Crippen LogP contribution in [0.3, 0.4) is 0 Å². The summed E-state index contributed by atoms with van der Waals surface area (Å²) in [6, 6.07) is 21.2. The quantitative estimate of drug-likeness (QED) is 0.668. The Bertz CT molecular complexity index is 864. The summed E-state index contributed by atoms with van der Waals surface area (Å²) in [6.45, 7) is 6.45. The molecule has 0 aliphatic heterocycles. The molecule has 0 saturated carbocycles. The molecule has 0 spiro atoms. The maximum atomic E-state index is 12.4. The van der Waals surface area contributed by atoms with Gasteiger partial charge in [0.25, 0.3) is 5.91 Å². The van der Waals surface area contributed by atoms with Crippen LogP contribution in [0.5, 0.6) is 0 Å². The summed E-state index contributed by atoms with van der Waals surface area (Å²) in [6.07, 6.45) is 1.70. The van der Waals surface area contributed by atoms with Crippen LogP contribution < -0.4 is 10.6 Å². The van der Waals surface area contributed by atoms with Crippen molar-refractivity contribution in [2.75, 3.05) is 10.6 Å². The van der Waals surface area contributed by atoms with E-state index in [-0.39, 0.29) is 11.3 Å². The van der Waals surface area contributed by atoms with Gasteiger partial charge in [-0.3, -0.25) is 4.79 Å². The van der Waals surface area contributed by atoms with Crippen LogP contribution in [0.2, 0.25) is 0 Å². The SMILES string of the molecule is CC(C)(C)c1ccc(C(=O)Nc2ccc(Nc3ccccc3)cn2)cc1. The number of rotatable bonds is 4. The van der Waals surface area contributed by atoms with Gasteiger partial charge in [0.2, 0.25) is 0 Å². The molecule has 0 unspecified atom stereocenters. The minimum Gasteiger partial charge on any atom is -0.354 e. The van der Waals surface area contributed by atoms with Crippen molar-refractivity contribution in [1.82, 2.24) is 4.98 Å². The van der Waals surface area contributed by atoms with Gasteiger partial charge in [-0.15, -0.1) is 0 Å². The van der Waals surface area contributed by atoms with Crippen LogP contribution >= 0.6 is 0 Å². The van der Waals surface area contributed by atoms with Crippen molar-refractivity contribution in [3.8, 4) is 0 Å². The highest BCUT2D eigenvalue weighted by atomic mass is 16.1. The second kappa shape index (κ2) is 7.40. The number of carbonyl (C=O) groups excluding carboxylic acids is 1. The van der Waals surface area contributed by atoms with E-state index in [2.05, 4.69) is 36.4 Å². The monoisotopic (exact) mass is 345 g/mol. The molecule has 0 aliphatic carbocycles. The zero-order valence-electron chi connectivity index (χ0n) is 15.3. The molecule has 3 aromatic rings. The van der Waals surface area contributed by atoms with Crippen LogP contribution in [0.15, 0.2) is 72.9 Å². The number of hydrogen-bond acceptors (Lipinski definition) is 3. The lowest BCUT2D eigenvalue weighted by Crippen LogP contribution is -2.15. The lowest BCUT2D eigenvalue weighted by molar-refractivity contribution is 0.102. The fraction of sp³-hybridized carbons (Fsp3) is 0.182. The van der Waals surface area contributed by atoms with E-state index in [1.165, 1.54) is 5.56 Å². The van der Waals surface area contributed by atoms with Gasteiger partial charge in [-0.25, -0.2) is 4.98 Å². The van der Waals surface area contributed by atoms with E-state index < -0.39 is 0 Å². The van der Waals surface area contributed by atoms with Crippen LogP contribution in [0.4, 0.5) is 17.2 Å². The van der Waals surface area contributed by atoms with Crippen molar-refractivity contribution in [2.24, 2.45) is 0 Å². The highest BCUT2D eigenvalue weighted by molar-refractivity contribution is 6.03. The van der Waals surface area contributed by atoms with E-state index in [0.29, 0.717) is 11.4 Å². The maximum absolute atomic E-state index is 12.4. The molecule has 1 aromatic heterocycles. The van der Waals surface area contributed by atoms with Crippen molar-refractivity contribution in [3.63, 3.8) is 0 Å². The molecule has 26 heavy (non-hydrogen) atoms. The predicted molar refractivity (Wildman–Crippen MR) is 107 cm³/mol. The van der Waals surface area contributed by atoms with Gasteiger partial charge in [0.05, 0.1) is 11.9 Å². The molecule has 2 aromatic carbocycles. The van der Waals surface area contributed by atoms with Crippen LogP contribution in [-0.4, -0.2) is 10.9 Å². The zero-order valence-corrected chi connectivity index (χ0v) is 15.3. The Hall–Kier alpha value is -3.14. The summed E-state index contributed by atoms with van der Waals surface area (Å²) in [5.41, 5.74) is 3.74. The van der Waals surface area contributed by atoms with Gasteiger partial charge in [-0.1, -0.05) is 51.1 Å². The molecular weight excluding hydrogens is 322 g/mol. The number of nitrogens with zero attached hydrogens (tertiary/aromatic N) is 1. The molecule has 4 nitrogen and oxygen atoms in total. The lowest BCUT2D eigenvalue weighted by atomic mass is 9.87. The number of amides is 1. The Balaban J connectivity index is 1.64. The summed E-state index contributed by atoms with van der Waals surface area (Å²) in [4.78, 5) is 16.7. The fourth-order valence-electron chi connectivity index (χ4n) is 2.54. The number of para-hydroxylation sites is 1. The van der Waals surface area contributed by atoms with Gasteiger partial charge in [-0.05, 0) is 47.4 Å². The summed E-state index contributed by atoms with van der Waals surface area (Å²) < 4.78 is 0. The number of nitrogens with one attached hydrogen (secondary N) is 2. The molecule has 2 N–H and O–H groups in total. The average Bonchev–Trinajstić information content (AvgIpc) is 2.63. The van der Waals surface area contributed by atoms with Crippen LogP contribution in [0.25, 0.3) is 0 Å². The summed E-state index contributed by atoms with van der Waals surface area (Å²) >= 11 is 0. The third-order valence-electron chi connectivity index (χ3n) is 4.08. The van der Waals surface area contributed by atoms with E-state index in [1.807, 2.05) is 60.7 Å². The minimum atomic E-state index is -0.165. The average molecular weight is 345 g/mol. The molecule has 0 fully saturated rings. The molecule has 132 valence electrons. The lowest BCUT2D eigenvalue weighted by Gasteiger charge is -2.19. The molecule has 1 heterocycles. The number of pyridine rings is 1. The standard InChI is InChI=1S/C22H23N3O/c1-22(2,3)17-11-9-16(10-12-17)21(26)25-20-14-13-19(15-23-20)24-18-7-5-4-6-8-18/h4-15,24H,1-3H3,(H,23,25,26). The minimum absolute atomic E-state index is 0.0676. The molecule has 1 amide bonds. The molecule has 0 aliphatic rings. The van der Waals surface area contributed by atoms with Gasteiger partial charge in [0.1, 0.15) is 5.82 Å². The number of benzene rings is 2. The second-order valence-corrected chi connectivity index (χ2v) is 7.20. The van der Waals surface area contributed by atoms with Gasteiger partial charge in [0.15, 0.2) is 0 Å². The zero-order chi connectivity index (χ0) is 18.6. The maximum Gasteiger partial charge on any atom is 0.256 e.